The molecule has 0 saturated heterocycles. The van der Waals surface area contributed by atoms with E-state index < -0.39 is 10.0 Å². The molecule has 3 aromatic rings. The van der Waals surface area contributed by atoms with E-state index >= 15 is 0 Å². The summed E-state index contributed by atoms with van der Waals surface area (Å²) >= 11 is 1.45. The van der Waals surface area contributed by atoms with Gasteiger partial charge in [0.25, 0.3) is 5.91 Å². The van der Waals surface area contributed by atoms with Crippen molar-refractivity contribution in [2.75, 3.05) is 45.7 Å². The molecule has 0 spiro atoms. The van der Waals surface area contributed by atoms with E-state index in [2.05, 4.69) is 4.90 Å². The molecule has 0 bridgehead atoms. The molecular weight excluding hydrogens is 484 g/mol. The quantitative estimate of drug-likeness (QED) is 0.382. The Morgan fingerprint density at radius 3 is 2.43 bits per heavy atom. The van der Waals surface area contributed by atoms with Crippen LogP contribution in [0, 0.1) is 0 Å². The summed E-state index contributed by atoms with van der Waals surface area (Å²) < 4.78 is 33.8. The van der Waals surface area contributed by atoms with Gasteiger partial charge in [-0.15, -0.1) is 0 Å². The first kappa shape index (κ1) is 25.6. The van der Waals surface area contributed by atoms with Crippen molar-refractivity contribution >= 4 is 42.6 Å². The Hall–Kier alpha value is -2.53. The Bertz CT molecular complexity index is 1280. The normalized spacial score (nSPS) is 14.1. The molecule has 8 nitrogen and oxygen atoms in total. The van der Waals surface area contributed by atoms with E-state index in [1.165, 1.54) is 27.8 Å². The van der Waals surface area contributed by atoms with Crippen LogP contribution in [-0.2, 0) is 10.0 Å². The standard InChI is InChI=1S/C25H32N4O4S2/c1-5-33-21-8-6-9-22-23(21)26-25(34-22)29(17-7-16-27(2)3)24(30)18-10-14-20(15-11-18)35(31,32)28(4)19-12-13-19/h6,8-11,14-15,19H,5,7,12-13,16-17H2,1-4H3. The zero-order valence-corrected chi connectivity index (χ0v) is 22.2. The zero-order chi connectivity index (χ0) is 25.2. The van der Waals surface area contributed by atoms with Crippen LogP contribution in [0.2, 0.25) is 0 Å². The number of carbonyl (C=O) groups is 1. The number of para-hydroxylation sites is 1. The van der Waals surface area contributed by atoms with Gasteiger partial charge in [-0.25, -0.2) is 13.4 Å². The first-order chi connectivity index (χ1) is 16.7. The van der Waals surface area contributed by atoms with E-state index in [-0.39, 0.29) is 16.8 Å². The van der Waals surface area contributed by atoms with E-state index in [0.29, 0.717) is 29.6 Å². The van der Waals surface area contributed by atoms with Crippen LogP contribution in [0.5, 0.6) is 5.75 Å². The van der Waals surface area contributed by atoms with Crippen molar-refractivity contribution in [3.63, 3.8) is 0 Å². The van der Waals surface area contributed by atoms with Crippen LogP contribution in [0.3, 0.4) is 0 Å². The van der Waals surface area contributed by atoms with Gasteiger partial charge < -0.3 is 9.64 Å². The van der Waals surface area contributed by atoms with Gasteiger partial charge in [-0.3, -0.25) is 9.69 Å². The highest BCUT2D eigenvalue weighted by Gasteiger charge is 2.35. The van der Waals surface area contributed by atoms with Gasteiger partial charge in [-0.05, 0) is 83.2 Å². The first-order valence-corrected chi connectivity index (χ1v) is 14.0. The fourth-order valence-electron chi connectivity index (χ4n) is 3.85. The van der Waals surface area contributed by atoms with Crippen LogP contribution < -0.4 is 9.64 Å². The number of amides is 1. The van der Waals surface area contributed by atoms with E-state index in [1.807, 2.05) is 39.2 Å². The van der Waals surface area contributed by atoms with Crippen molar-refractivity contribution in [2.24, 2.45) is 0 Å². The number of carbonyl (C=O) groups excluding carboxylic acids is 1. The van der Waals surface area contributed by atoms with Crippen molar-refractivity contribution in [1.82, 2.24) is 14.2 Å². The van der Waals surface area contributed by atoms with E-state index in [9.17, 15) is 13.2 Å². The molecule has 0 radical (unpaired) electrons. The van der Waals surface area contributed by atoms with Gasteiger partial charge in [0.2, 0.25) is 10.0 Å². The summed E-state index contributed by atoms with van der Waals surface area (Å²) in [5.74, 6) is 0.489. The number of nitrogens with zero attached hydrogens (tertiary/aromatic N) is 4. The molecule has 0 aliphatic heterocycles. The molecule has 1 aromatic heterocycles. The molecule has 1 saturated carbocycles. The number of rotatable bonds is 11. The van der Waals surface area contributed by atoms with Gasteiger partial charge in [-0.1, -0.05) is 17.4 Å². The highest BCUT2D eigenvalue weighted by Crippen LogP contribution is 2.35. The molecule has 0 atom stereocenters. The Labute approximate surface area is 211 Å². The van der Waals surface area contributed by atoms with Crippen LogP contribution in [0.15, 0.2) is 47.4 Å². The smallest absolute Gasteiger partial charge is 0.260 e. The van der Waals surface area contributed by atoms with E-state index in [0.717, 1.165) is 36.0 Å². The van der Waals surface area contributed by atoms with Crippen LogP contribution in [-0.4, -0.2) is 75.4 Å². The number of anilines is 1. The van der Waals surface area contributed by atoms with Gasteiger partial charge in [0.1, 0.15) is 11.3 Å². The van der Waals surface area contributed by atoms with Gasteiger partial charge in [0, 0.05) is 25.2 Å². The van der Waals surface area contributed by atoms with Gasteiger partial charge in [-0.2, -0.15) is 4.31 Å². The third-order valence-corrected chi connectivity index (χ3v) is 8.94. The van der Waals surface area contributed by atoms with Gasteiger partial charge >= 0.3 is 0 Å². The maximum Gasteiger partial charge on any atom is 0.260 e. The third kappa shape index (κ3) is 5.66. The number of sulfonamides is 1. The summed E-state index contributed by atoms with van der Waals surface area (Å²) in [5, 5.41) is 0.598. The van der Waals surface area contributed by atoms with Crippen molar-refractivity contribution in [3.05, 3.63) is 48.0 Å². The predicted octanol–water partition coefficient (Wildman–Crippen LogP) is 4.08. The average Bonchev–Trinajstić information content (AvgIpc) is 3.59. The van der Waals surface area contributed by atoms with E-state index in [4.69, 9.17) is 9.72 Å². The molecule has 1 aliphatic rings. The summed E-state index contributed by atoms with van der Waals surface area (Å²) in [6.07, 6.45) is 2.55. The summed E-state index contributed by atoms with van der Waals surface area (Å²) in [4.78, 5) is 22.3. The SMILES string of the molecule is CCOc1cccc2sc(N(CCCN(C)C)C(=O)c3ccc(S(=O)(=O)N(C)C4CC4)cc3)nc12. The molecule has 4 rings (SSSR count). The number of hydrogen-bond donors (Lipinski definition) is 0. The molecular formula is C25H32N4O4S2. The van der Waals surface area contributed by atoms with Crippen LogP contribution >= 0.6 is 11.3 Å². The topological polar surface area (TPSA) is 83.0 Å². The number of hydrogen-bond acceptors (Lipinski definition) is 7. The lowest BCUT2D eigenvalue weighted by Crippen LogP contribution is -2.33. The molecule has 0 unspecified atom stereocenters. The molecule has 2 aromatic carbocycles. The maximum atomic E-state index is 13.6. The van der Waals surface area contributed by atoms with Crippen molar-refractivity contribution in [1.29, 1.82) is 0 Å². The van der Waals surface area contributed by atoms with Crippen LogP contribution in [0.1, 0.15) is 36.5 Å². The average molecular weight is 517 g/mol. The molecule has 0 N–H and O–H groups in total. The van der Waals surface area contributed by atoms with Crippen molar-refractivity contribution in [3.8, 4) is 5.75 Å². The lowest BCUT2D eigenvalue weighted by Gasteiger charge is -2.21. The summed E-state index contributed by atoms with van der Waals surface area (Å²) in [7, 11) is 2.04. The van der Waals surface area contributed by atoms with Crippen molar-refractivity contribution < 1.29 is 17.9 Å². The summed E-state index contributed by atoms with van der Waals surface area (Å²) in [6.45, 7) is 3.77. The molecule has 10 heteroatoms. The molecule has 1 fully saturated rings. The minimum absolute atomic E-state index is 0.0779. The second-order valence-electron chi connectivity index (χ2n) is 8.92. The summed E-state index contributed by atoms with van der Waals surface area (Å²) in [6, 6.07) is 12.1. The third-order valence-electron chi connectivity index (χ3n) is 5.97. The minimum atomic E-state index is -3.56. The zero-order valence-electron chi connectivity index (χ0n) is 20.6. The minimum Gasteiger partial charge on any atom is -0.492 e. The Morgan fingerprint density at radius 1 is 1.09 bits per heavy atom. The van der Waals surface area contributed by atoms with E-state index in [1.54, 1.807) is 24.1 Å². The molecule has 35 heavy (non-hydrogen) atoms. The highest BCUT2D eigenvalue weighted by atomic mass is 32.2. The lowest BCUT2D eigenvalue weighted by molar-refractivity contribution is 0.0986. The van der Waals surface area contributed by atoms with Crippen LogP contribution in [0.25, 0.3) is 10.2 Å². The largest absolute Gasteiger partial charge is 0.492 e. The van der Waals surface area contributed by atoms with Gasteiger partial charge in [0.15, 0.2) is 5.13 Å². The van der Waals surface area contributed by atoms with Gasteiger partial charge in [0.05, 0.1) is 16.2 Å². The molecule has 1 amide bonds. The number of benzene rings is 2. The molecule has 1 aliphatic carbocycles. The van der Waals surface area contributed by atoms with Crippen LogP contribution in [0.4, 0.5) is 5.13 Å². The number of aromatic nitrogens is 1. The Morgan fingerprint density at radius 2 is 1.80 bits per heavy atom. The fraction of sp³-hybridized carbons (Fsp3) is 0.440. The Balaban J connectivity index is 1.63. The second-order valence-corrected chi connectivity index (χ2v) is 11.9. The number of ether oxygens (including phenoxy) is 1. The first-order valence-electron chi connectivity index (χ1n) is 11.8. The molecule has 188 valence electrons. The maximum absolute atomic E-state index is 13.6. The summed E-state index contributed by atoms with van der Waals surface area (Å²) in [5.41, 5.74) is 1.16. The molecule has 1 heterocycles. The predicted molar refractivity (Wildman–Crippen MR) is 140 cm³/mol. The fourth-order valence-corrected chi connectivity index (χ4v) is 6.28. The number of thiazole rings is 1. The highest BCUT2D eigenvalue weighted by molar-refractivity contribution is 7.89. The van der Waals surface area contributed by atoms with Crippen molar-refractivity contribution in [2.45, 2.75) is 37.1 Å². The lowest BCUT2D eigenvalue weighted by atomic mass is 10.2. The Kier molecular flexibility index (Phi) is 7.75. The number of fused-ring (bicyclic) bond motifs is 1. The second kappa shape index (κ2) is 10.6. The monoisotopic (exact) mass is 516 g/mol.